The molecule has 0 radical (unpaired) electrons. The summed E-state index contributed by atoms with van der Waals surface area (Å²) in [5.74, 6) is 0.522. The van der Waals surface area contributed by atoms with Crippen molar-refractivity contribution in [3.8, 4) is 5.88 Å². The van der Waals surface area contributed by atoms with Crippen LogP contribution in [-0.4, -0.2) is 30.6 Å². The van der Waals surface area contributed by atoms with Crippen LogP contribution >= 0.6 is 0 Å². The highest BCUT2D eigenvalue weighted by molar-refractivity contribution is 5.78. The SMILES string of the molecule is CCC(C)NCC(=O)NCc1cccnc1OC. The Kier molecular flexibility index (Phi) is 6.14. The summed E-state index contributed by atoms with van der Waals surface area (Å²) in [6.45, 7) is 4.89. The maximum atomic E-state index is 11.6. The lowest BCUT2D eigenvalue weighted by Crippen LogP contribution is -2.37. The van der Waals surface area contributed by atoms with Gasteiger partial charge in [-0.1, -0.05) is 13.0 Å². The van der Waals surface area contributed by atoms with Gasteiger partial charge >= 0.3 is 0 Å². The summed E-state index contributed by atoms with van der Waals surface area (Å²) in [7, 11) is 1.57. The lowest BCUT2D eigenvalue weighted by atomic mass is 10.2. The van der Waals surface area contributed by atoms with Crippen molar-refractivity contribution in [2.75, 3.05) is 13.7 Å². The first-order valence-electron chi connectivity index (χ1n) is 6.15. The van der Waals surface area contributed by atoms with E-state index in [0.717, 1.165) is 12.0 Å². The maximum absolute atomic E-state index is 11.6. The molecule has 0 aliphatic carbocycles. The summed E-state index contributed by atoms with van der Waals surface area (Å²) in [6, 6.07) is 4.05. The molecule has 1 unspecified atom stereocenters. The lowest BCUT2D eigenvalue weighted by Gasteiger charge is -2.12. The molecule has 1 aromatic heterocycles. The molecule has 100 valence electrons. The molecule has 2 N–H and O–H groups in total. The fourth-order valence-electron chi connectivity index (χ4n) is 1.41. The van der Waals surface area contributed by atoms with E-state index in [1.165, 1.54) is 0 Å². The molecule has 0 aliphatic heterocycles. The Morgan fingerprint density at radius 2 is 2.33 bits per heavy atom. The van der Waals surface area contributed by atoms with E-state index >= 15 is 0 Å². The van der Waals surface area contributed by atoms with Crippen molar-refractivity contribution in [2.24, 2.45) is 0 Å². The largest absolute Gasteiger partial charge is 0.481 e. The van der Waals surface area contributed by atoms with Crippen LogP contribution < -0.4 is 15.4 Å². The Bertz CT molecular complexity index is 382. The molecule has 0 aliphatic rings. The van der Waals surface area contributed by atoms with Crippen LogP contribution in [0.15, 0.2) is 18.3 Å². The van der Waals surface area contributed by atoms with E-state index in [1.54, 1.807) is 13.3 Å². The number of nitrogens with zero attached hydrogens (tertiary/aromatic N) is 1. The summed E-state index contributed by atoms with van der Waals surface area (Å²) in [5.41, 5.74) is 0.872. The number of nitrogens with one attached hydrogen (secondary N) is 2. The number of pyridine rings is 1. The van der Waals surface area contributed by atoms with Gasteiger partial charge in [-0.3, -0.25) is 4.79 Å². The maximum Gasteiger partial charge on any atom is 0.234 e. The van der Waals surface area contributed by atoms with Crippen molar-refractivity contribution in [3.05, 3.63) is 23.9 Å². The minimum absolute atomic E-state index is 0.0267. The third kappa shape index (κ3) is 4.71. The summed E-state index contributed by atoms with van der Waals surface area (Å²) in [5, 5.41) is 5.97. The number of ether oxygens (including phenoxy) is 1. The lowest BCUT2D eigenvalue weighted by molar-refractivity contribution is -0.120. The molecule has 0 aromatic carbocycles. The van der Waals surface area contributed by atoms with Gasteiger partial charge in [0.15, 0.2) is 0 Å². The van der Waals surface area contributed by atoms with E-state index in [-0.39, 0.29) is 5.91 Å². The van der Waals surface area contributed by atoms with Gasteiger partial charge in [-0.15, -0.1) is 0 Å². The average Bonchev–Trinajstić information content (AvgIpc) is 2.42. The normalized spacial score (nSPS) is 11.9. The second kappa shape index (κ2) is 7.66. The fourth-order valence-corrected chi connectivity index (χ4v) is 1.41. The number of aromatic nitrogens is 1. The first kappa shape index (κ1) is 14.4. The van der Waals surface area contributed by atoms with Crippen LogP contribution in [0, 0.1) is 0 Å². The Morgan fingerprint density at radius 3 is 3.00 bits per heavy atom. The molecule has 1 heterocycles. The van der Waals surface area contributed by atoms with Crippen LogP contribution in [0.25, 0.3) is 0 Å². The van der Waals surface area contributed by atoms with Gasteiger partial charge in [0.25, 0.3) is 0 Å². The third-order valence-electron chi connectivity index (χ3n) is 2.74. The molecular weight excluding hydrogens is 230 g/mol. The zero-order chi connectivity index (χ0) is 13.4. The van der Waals surface area contributed by atoms with E-state index in [1.807, 2.05) is 12.1 Å². The fraction of sp³-hybridized carbons (Fsp3) is 0.538. The highest BCUT2D eigenvalue weighted by Crippen LogP contribution is 2.12. The molecular formula is C13H21N3O2. The van der Waals surface area contributed by atoms with Crippen molar-refractivity contribution in [3.63, 3.8) is 0 Å². The molecule has 5 nitrogen and oxygen atoms in total. The van der Waals surface area contributed by atoms with Gasteiger partial charge in [-0.2, -0.15) is 0 Å². The van der Waals surface area contributed by atoms with Gasteiger partial charge < -0.3 is 15.4 Å². The monoisotopic (exact) mass is 251 g/mol. The Hall–Kier alpha value is -1.62. The van der Waals surface area contributed by atoms with Crippen LogP contribution in [0.5, 0.6) is 5.88 Å². The molecule has 0 saturated carbocycles. The van der Waals surface area contributed by atoms with Gasteiger partial charge in [-0.25, -0.2) is 4.98 Å². The smallest absolute Gasteiger partial charge is 0.234 e. The number of methoxy groups -OCH3 is 1. The molecule has 1 aromatic rings. The predicted molar refractivity (Wildman–Crippen MR) is 70.4 cm³/mol. The molecule has 5 heteroatoms. The zero-order valence-electron chi connectivity index (χ0n) is 11.2. The number of hydrogen-bond donors (Lipinski definition) is 2. The molecule has 18 heavy (non-hydrogen) atoms. The number of hydrogen-bond acceptors (Lipinski definition) is 4. The van der Waals surface area contributed by atoms with Crippen LogP contribution in [0.4, 0.5) is 0 Å². The van der Waals surface area contributed by atoms with Gasteiger partial charge in [0, 0.05) is 24.3 Å². The third-order valence-corrected chi connectivity index (χ3v) is 2.74. The summed E-state index contributed by atoms with van der Waals surface area (Å²) in [6.07, 6.45) is 2.67. The van der Waals surface area contributed by atoms with Crippen LogP contribution in [0.3, 0.4) is 0 Å². The first-order chi connectivity index (χ1) is 8.67. The molecule has 1 atom stereocenters. The van der Waals surface area contributed by atoms with Gasteiger partial charge in [0.2, 0.25) is 11.8 Å². The van der Waals surface area contributed by atoms with E-state index in [9.17, 15) is 4.79 Å². The number of amides is 1. The van der Waals surface area contributed by atoms with Gasteiger partial charge in [0.1, 0.15) is 0 Å². The van der Waals surface area contributed by atoms with E-state index in [2.05, 4.69) is 29.5 Å². The summed E-state index contributed by atoms with van der Waals surface area (Å²) in [4.78, 5) is 15.7. The van der Waals surface area contributed by atoms with E-state index < -0.39 is 0 Å². The number of rotatable bonds is 7. The quantitative estimate of drug-likeness (QED) is 0.761. The second-order valence-electron chi connectivity index (χ2n) is 4.14. The highest BCUT2D eigenvalue weighted by atomic mass is 16.5. The van der Waals surface area contributed by atoms with Crippen LogP contribution in [0.1, 0.15) is 25.8 Å². The van der Waals surface area contributed by atoms with E-state index in [0.29, 0.717) is 25.0 Å². The molecule has 0 saturated heterocycles. The minimum Gasteiger partial charge on any atom is -0.481 e. The summed E-state index contributed by atoms with van der Waals surface area (Å²) < 4.78 is 5.12. The zero-order valence-corrected chi connectivity index (χ0v) is 11.2. The van der Waals surface area contributed by atoms with E-state index in [4.69, 9.17) is 4.74 Å². The minimum atomic E-state index is -0.0267. The first-order valence-corrected chi connectivity index (χ1v) is 6.15. The van der Waals surface area contributed by atoms with Crippen molar-refractivity contribution in [2.45, 2.75) is 32.9 Å². The van der Waals surface area contributed by atoms with Gasteiger partial charge in [-0.05, 0) is 19.4 Å². The highest BCUT2D eigenvalue weighted by Gasteiger charge is 2.06. The van der Waals surface area contributed by atoms with Crippen molar-refractivity contribution in [1.82, 2.24) is 15.6 Å². The Labute approximate surface area is 108 Å². The predicted octanol–water partition coefficient (Wildman–Crippen LogP) is 1.09. The molecule has 0 bridgehead atoms. The molecule has 1 amide bonds. The topological polar surface area (TPSA) is 63.2 Å². The van der Waals surface area contributed by atoms with Crippen molar-refractivity contribution in [1.29, 1.82) is 0 Å². The molecule has 0 spiro atoms. The van der Waals surface area contributed by atoms with Crippen molar-refractivity contribution < 1.29 is 9.53 Å². The van der Waals surface area contributed by atoms with Gasteiger partial charge in [0.05, 0.1) is 13.7 Å². The molecule has 1 rings (SSSR count). The number of carbonyl (C=O) groups is 1. The average molecular weight is 251 g/mol. The Balaban J connectivity index is 2.38. The van der Waals surface area contributed by atoms with Crippen molar-refractivity contribution >= 4 is 5.91 Å². The standard InChI is InChI=1S/C13H21N3O2/c1-4-10(2)15-9-12(17)16-8-11-6-5-7-14-13(11)18-3/h5-7,10,15H,4,8-9H2,1-3H3,(H,16,17). The molecule has 0 fully saturated rings. The second-order valence-corrected chi connectivity index (χ2v) is 4.14. The summed E-state index contributed by atoms with van der Waals surface area (Å²) >= 11 is 0. The van der Waals surface area contributed by atoms with Crippen LogP contribution in [-0.2, 0) is 11.3 Å². The number of carbonyl (C=O) groups excluding carboxylic acids is 1. The van der Waals surface area contributed by atoms with Crippen LogP contribution in [0.2, 0.25) is 0 Å². The Morgan fingerprint density at radius 1 is 1.56 bits per heavy atom.